The molecule has 6 nitrogen and oxygen atoms in total. The van der Waals surface area contributed by atoms with Crippen LogP contribution in [0.1, 0.15) is 0 Å². The molecule has 1 aromatic heterocycles. The Hall–Kier alpha value is -1.86. The van der Waals surface area contributed by atoms with Gasteiger partial charge in [-0.15, -0.1) is 5.53 Å². The van der Waals surface area contributed by atoms with E-state index >= 15 is 0 Å². The zero-order chi connectivity index (χ0) is 10.3. The van der Waals surface area contributed by atoms with E-state index in [0.29, 0.717) is 0 Å². The van der Waals surface area contributed by atoms with Crippen molar-refractivity contribution in [2.45, 2.75) is 0 Å². The first kappa shape index (κ1) is 8.45. The Morgan fingerprint density at radius 1 is 1.33 bits per heavy atom. The topological polar surface area (TPSA) is 57.8 Å². The molecule has 1 aromatic carbocycles. The van der Waals surface area contributed by atoms with Crippen LogP contribution >= 0.6 is 0 Å². The van der Waals surface area contributed by atoms with Crippen LogP contribution in [0.3, 0.4) is 0 Å². The van der Waals surface area contributed by atoms with Crippen molar-refractivity contribution in [1.29, 1.82) is 0 Å². The predicted octanol–water partition coefficient (Wildman–Crippen LogP) is -0.998. The van der Waals surface area contributed by atoms with Gasteiger partial charge in [-0.25, -0.2) is 0 Å². The first-order valence-electron chi connectivity index (χ1n) is 4.41. The van der Waals surface area contributed by atoms with E-state index in [1.807, 2.05) is 24.3 Å². The highest BCUT2D eigenvalue weighted by Gasteiger charge is 2.16. The van der Waals surface area contributed by atoms with E-state index in [9.17, 15) is 0 Å². The summed E-state index contributed by atoms with van der Waals surface area (Å²) in [6.07, 6.45) is 1.77. The summed E-state index contributed by atoms with van der Waals surface area (Å²) in [6, 6.07) is 7.77. The zero-order valence-corrected chi connectivity index (χ0v) is 8.45. The fourth-order valence-corrected chi connectivity index (χ4v) is 1.80. The van der Waals surface area contributed by atoms with E-state index in [0.717, 1.165) is 16.9 Å². The van der Waals surface area contributed by atoms with Gasteiger partial charge in [-0.1, -0.05) is 21.0 Å². The maximum atomic E-state index is 5.12. The summed E-state index contributed by atoms with van der Waals surface area (Å²) in [4.78, 5) is 0. The molecule has 76 valence electrons. The molecule has 0 atom stereocenters. The van der Waals surface area contributed by atoms with Crippen LogP contribution in [0.15, 0.2) is 30.5 Å². The smallest absolute Gasteiger partial charge is 0.202 e. The van der Waals surface area contributed by atoms with E-state index in [1.165, 1.54) is 4.20 Å². The van der Waals surface area contributed by atoms with Gasteiger partial charge in [0, 0.05) is 5.10 Å². The Balaban J connectivity index is 2.28. The number of nitrogens with zero attached hydrogens (tertiary/aromatic N) is 3. The summed E-state index contributed by atoms with van der Waals surface area (Å²) in [5.41, 5.74) is 10.3. The second kappa shape index (κ2) is 3.07. The Morgan fingerprint density at radius 3 is 3.00 bits per heavy atom. The van der Waals surface area contributed by atoms with E-state index in [-0.39, 0.29) is 0 Å². The van der Waals surface area contributed by atoms with Crippen LogP contribution in [0.2, 0.25) is 0 Å². The number of benzene rings is 1. The zero-order valence-electron chi connectivity index (χ0n) is 7.64. The lowest BCUT2D eigenvalue weighted by Gasteiger charge is -2.03. The average Bonchev–Trinajstić information content (AvgIpc) is 2.82. The molecule has 2 heterocycles. The van der Waals surface area contributed by atoms with Gasteiger partial charge < -0.3 is 18.2 Å². The normalized spacial score (nSPS) is 14.8. The highest BCUT2D eigenvalue weighted by molar-refractivity contribution is 7.50. The van der Waals surface area contributed by atoms with Gasteiger partial charge in [0.2, 0.25) is 5.82 Å². The molecule has 1 aliphatic heterocycles. The number of fused-ring (bicyclic) bond motifs is 1. The second-order valence-electron chi connectivity index (χ2n) is 3.08. The number of rotatable bonds is 1. The van der Waals surface area contributed by atoms with Crippen LogP contribution in [0.5, 0.6) is 0 Å². The highest BCUT2D eigenvalue weighted by Crippen LogP contribution is 2.11. The molecule has 7 heteroatoms. The fraction of sp³-hybridized carbons (Fsp3) is 0. The van der Waals surface area contributed by atoms with Crippen molar-refractivity contribution in [2.24, 2.45) is 0 Å². The van der Waals surface area contributed by atoms with Crippen molar-refractivity contribution < 1.29 is 4.20 Å². The first-order chi connectivity index (χ1) is 7.36. The summed E-state index contributed by atoms with van der Waals surface area (Å²) in [7, 11) is 0. The summed E-state index contributed by atoms with van der Waals surface area (Å²) in [6.45, 7) is 0. The SMILES string of the molecule is [S-][n+]1nc2ccccc2n1C1=CNNN1. The largest absolute Gasteiger partial charge is 0.360 e. The Bertz CT molecular complexity index is 545. The van der Waals surface area contributed by atoms with E-state index in [1.54, 1.807) is 10.9 Å². The van der Waals surface area contributed by atoms with Crippen LogP contribution in [-0.2, 0) is 12.8 Å². The van der Waals surface area contributed by atoms with Gasteiger partial charge in [0.1, 0.15) is 5.52 Å². The van der Waals surface area contributed by atoms with Gasteiger partial charge in [-0.2, -0.15) is 0 Å². The van der Waals surface area contributed by atoms with Gasteiger partial charge in [-0.05, 0) is 12.1 Å². The van der Waals surface area contributed by atoms with E-state index in [4.69, 9.17) is 12.8 Å². The molecule has 0 saturated carbocycles. The summed E-state index contributed by atoms with van der Waals surface area (Å²) in [5, 5.41) is 4.22. The van der Waals surface area contributed by atoms with Crippen LogP contribution in [-0.4, -0.2) is 9.78 Å². The van der Waals surface area contributed by atoms with Crippen molar-refractivity contribution in [3.8, 4) is 0 Å². The minimum Gasteiger partial charge on any atom is -0.360 e. The van der Waals surface area contributed by atoms with Crippen molar-refractivity contribution >= 4 is 29.7 Å². The van der Waals surface area contributed by atoms with Crippen LogP contribution < -0.4 is 20.6 Å². The number of para-hydroxylation sites is 1. The Morgan fingerprint density at radius 2 is 2.20 bits per heavy atom. The Kier molecular flexibility index (Phi) is 1.73. The lowest BCUT2D eigenvalue weighted by atomic mass is 10.3. The third-order valence-electron chi connectivity index (χ3n) is 2.17. The summed E-state index contributed by atoms with van der Waals surface area (Å²) >= 11 is 5.12. The van der Waals surface area contributed by atoms with Crippen molar-refractivity contribution in [1.82, 2.24) is 26.2 Å². The van der Waals surface area contributed by atoms with Crippen LogP contribution in [0.25, 0.3) is 16.9 Å². The van der Waals surface area contributed by atoms with Crippen molar-refractivity contribution in [2.75, 3.05) is 0 Å². The third kappa shape index (κ3) is 1.21. The quantitative estimate of drug-likeness (QED) is 0.425. The van der Waals surface area contributed by atoms with Gasteiger partial charge in [0.05, 0.1) is 6.20 Å². The van der Waals surface area contributed by atoms with Gasteiger partial charge >= 0.3 is 0 Å². The number of hydrazine groups is 2. The molecule has 3 rings (SSSR count). The molecule has 3 N–H and O–H groups in total. The molecule has 0 fully saturated rings. The van der Waals surface area contributed by atoms with E-state index < -0.39 is 0 Å². The molecule has 0 unspecified atom stereocenters. The molecule has 2 aromatic rings. The Labute approximate surface area is 91.0 Å². The molecule has 1 aliphatic rings. The van der Waals surface area contributed by atoms with Gasteiger partial charge in [0.15, 0.2) is 5.52 Å². The molecule has 0 radical (unpaired) electrons. The van der Waals surface area contributed by atoms with Crippen LogP contribution in [0, 0.1) is 0 Å². The molecular weight excluding hydrogens is 212 g/mol. The minimum absolute atomic E-state index is 0.804. The molecule has 0 amide bonds. The van der Waals surface area contributed by atoms with Crippen LogP contribution in [0.4, 0.5) is 0 Å². The third-order valence-corrected chi connectivity index (χ3v) is 2.42. The first-order valence-corrected chi connectivity index (χ1v) is 4.77. The molecule has 0 bridgehead atoms. The minimum atomic E-state index is 0.804. The van der Waals surface area contributed by atoms with Gasteiger partial charge in [-0.3, -0.25) is 5.43 Å². The standard InChI is InChI=1S/C8H8N6S/c15-14-11-6-3-1-2-4-7(6)13(14)8-5-9-12-10-8/h1-5,9-10,12H. The number of aromatic nitrogens is 3. The average molecular weight is 220 g/mol. The molecule has 15 heavy (non-hydrogen) atoms. The molecule has 0 spiro atoms. The monoisotopic (exact) mass is 220 g/mol. The number of hydrogen-bond donors (Lipinski definition) is 3. The maximum absolute atomic E-state index is 5.12. The molecule has 0 saturated heterocycles. The number of hydrogen-bond acceptors (Lipinski definition) is 5. The molecule has 0 aliphatic carbocycles. The van der Waals surface area contributed by atoms with Crippen molar-refractivity contribution in [3.63, 3.8) is 0 Å². The summed E-state index contributed by atoms with van der Waals surface area (Å²) < 4.78 is 3.16. The number of nitrogens with one attached hydrogen (secondary N) is 3. The lowest BCUT2D eigenvalue weighted by molar-refractivity contribution is -0.637. The summed E-state index contributed by atoms with van der Waals surface area (Å²) in [5.74, 6) is 0.804. The van der Waals surface area contributed by atoms with E-state index in [2.05, 4.69) is 21.5 Å². The second-order valence-corrected chi connectivity index (χ2v) is 3.40. The lowest BCUT2D eigenvalue weighted by Crippen LogP contribution is -2.43. The fourth-order valence-electron chi connectivity index (χ4n) is 1.53. The van der Waals surface area contributed by atoms with Crippen molar-refractivity contribution in [3.05, 3.63) is 30.5 Å². The molecular formula is C8H8N6S. The maximum Gasteiger partial charge on any atom is 0.202 e. The van der Waals surface area contributed by atoms with Gasteiger partial charge in [0.25, 0.3) is 0 Å². The predicted molar refractivity (Wildman–Crippen MR) is 56.4 cm³/mol. The highest BCUT2D eigenvalue weighted by atomic mass is 32.1.